The molecular weight excluding hydrogens is 152 g/mol. The summed E-state index contributed by atoms with van der Waals surface area (Å²) < 4.78 is 0. The molecule has 0 fully saturated rings. The van der Waals surface area contributed by atoms with Crippen LogP contribution in [0, 0.1) is 0 Å². The molecule has 0 atom stereocenters. The van der Waals surface area contributed by atoms with Crippen molar-refractivity contribution >= 4 is 11.9 Å². The Morgan fingerprint density at radius 3 is 0.909 bits per heavy atom. The van der Waals surface area contributed by atoms with Crippen LogP contribution in [0.25, 0.3) is 0 Å². The fourth-order valence-corrected chi connectivity index (χ4v) is 0. The lowest BCUT2D eigenvalue weighted by Gasteiger charge is -1.59. The number of carboxylic acids is 2. The van der Waals surface area contributed by atoms with Crippen LogP contribution < -0.4 is 12.3 Å². The highest BCUT2D eigenvalue weighted by atomic mass is 16.4. The quantitative estimate of drug-likeness (QED) is 0.429. The van der Waals surface area contributed by atoms with E-state index < -0.39 is 11.9 Å². The molecule has 0 aliphatic rings. The predicted molar refractivity (Wildman–Crippen MR) is 43.4 cm³/mol. The second-order valence-corrected chi connectivity index (χ2v) is 1.04. The molecule has 0 aliphatic heterocycles. The standard InChI is InChI=1S/2C2H4O2.CH4.2H3N/c2*1-2(3)4;;;/h2*1H3,(H,3,4);1H4;2*1H3. The lowest BCUT2D eigenvalue weighted by Crippen LogP contribution is -1.78. The van der Waals surface area contributed by atoms with E-state index in [0.29, 0.717) is 0 Å². The summed E-state index contributed by atoms with van der Waals surface area (Å²) in [5, 5.41) is 14.8. The first-order chi connectivity index (χ1) is 3.46. The maximum Gasteiger partial charge on any atom is 0.300 e. The zero-order chi connectivity index (χ0) is 7.15. The van der Waals surface area contributed by atoms with E-state index in [0.717, 1.165) is 13.8 Å². The summed E-state index contributed by atoms with van der Waals surface area (Å²) in [5.41, 5.74) is 0. The number of rotatable bonds is 0. The topological polar surface area (TPSA) is 145 Å². The van der Waals surface area contributed by atoms with Crippen LogP contribution in [0.2, 0.25) is 0 Å². The molecule has 0 aliphatic carbocycles. The van der Waals surface area contributed by atoms with Gasteiger partial charge in [0.2, 0.25) is 0 Å². The highest BCUT2D eigenvalue weighted by molar-refractivity contribution is 5.63. The normalized spacial score (nSPS) is 4.55. The van der Waals surface area contributed by atoms with Gasteiger partial charge in [0.05, 0.1) is 0 Å². The van der Waals surface area contributed by atoms with Crippen molar-refractivity contribution in [2.75, 3.05) is 0 Å². The van der Waals surface area contributed by atoms with Crippen molar-refractivity contribution in [2.24, 2.45) is 0 Å². The summed E-state index contributed by atoms with van der Waals surface area (Å²) in [7, 11) is 0. The second-order valence-electron chi connectivity index (χ2n) is 1.04. The zero-order valence-corrected chi connectivity index (χ0v) is 6.13. The maximum absolute atomic E-state index is 9.00. The first kappa shape index (κ1) is 32.8. The SMILES string of the molecule is C.CC(=O)O.CC(=O)O.N.N. The van der Waals surface area contributed by atoms with Gasteiger partial charge < -0.3 is 22.5 Å². The van der Waals surface area contributed by atoms with E-state index in [1.165, 1.54) is 0 Å². The van der Waals surface area contributed by atoms with Gasteiger partial charge in [0.15, 0.2) is 0 Å². The van der Waals surface area contributed by atoms with Crippen LogP contribution in [-0.4, -0.2) is 22.2 Å². The van der Waals surface area contributed by atoms with Crippen molar-refractivity contribution in [2.45, 2.75) is 21.3 Å². The summed E-state index contributed by atoms with van der Waals surface area (Å²) in [4.78, 5) is 18.0. The number of carbonyl (C=O) groups is 2. The van der Waals surface area contributed by atoms with Crippen molar-refractivity contribution < 1.29 is 19.8 Å². The van der Waals surface area contributed by atoms with Gasteiger partial charge in [-0.15, -0.1) is 0 Å². The average molecular weight is 170 g/mol. The zero-order valence-electron chi connectivity index (χ0n) is 6.13. The Balaban J connectivity index is -0.0000000171. The lowest BCUT2D eigenvalue weighted by molar-refractivity contribution is -0.135. The first-order valence-electron chi connectivity index (χ1n) is 1.86. The van der Waals surface area contributed by atoms with Crippen molar-refractivity contribution in [3.8, 4) is 0 Å². The summed E-state index contributed by atoms with van der Waals surface area (Å²) in [6.45, 7) is 2.17. The van der Waals surface area contributed by atoms with E-state index in [-0.39, 0.29) is 19.7 Å². The van der Waals surface area contributed by atoms with Gasteiger partial charge in [-0.2, -0.15) is 0 Å². The Bertz CT molecular complexity index is 74.5. The van der Waals surface area contributed by atoms with E-state index in [2.05, 4.69) is 0 Å². The van der Waals surface area contributed by atoms with Crippen LogP contribution in [0.4, 0.5) is 0 Å². The number of hydrogen-bond acceptors (Lipinski definition) is 4. The van der Waals surface area contributed by atoms with Gasteiger partial charge in [-0.05, 0) is 0 Å². The van der Waals surface area contributed by atoms with Gasteiger partial charge in [-0.1, -0.05) is 7.43 Å². The minimum Gasteiger partial charge on any atom is -0.481 e. The van der Waals surface area contributed by atoms with Crippen molar-refractivity contribution in [3.05, 3.63) is 0 Å². The Kier molecular flexibility index (Phi) is 69.0. The van der Waals surface area contributed by atoms with E-state index in [9.17, 15) is 0 Å². The van der Waals surface area contributed by atoms with Crippen LogP contribution in [0.1, 0.15) is 21.3 Å². The molecule has 8 N–H and O–H groups in total. The third kappa shape index (κ3) is 321. The number of hydrogen-bond donors (Lipinski definition) is 4. The smallest absolute Gasteiger partial charge is 0.300 e. The molecule has 0 bridgehead atoms. The molecule has 0 saturated heterocycles. The van der Waals surface area contributed by atoms with Crippen LogP contribution in [0.15, 0.2) is 0 Å². The second kappa shape index (κ2) is 23.2. The molecule has 72 valence electrons. The highest BCUT2D eigenvalue weighted by Crippen LogP contribution is 1.42. The van der Waals surface area contributed by atoms with Gasteiger partial charge in [-0.3, -0.25) is 9.59 Å². The average Bonchev–Trinajstić information content (AvgIpc) is 1.25. The van der Waals surface area contributed by atoms with Gasteiger partial charge in [0.1, 0.15) is 0 Å². The molecule has 6 nitrogen and oxygen atoms in total. The van der Waals surface area contributed by atoms with E-state index >= 15 is 0 Å². The minimum absolute atomic E-state index is 0. The molecule has 0 amide bonds. The molecular formula is C5H18N2O4. The van der Waals surface area contributed by atoms with E-state index in [4.69, 9.17) is 19.8 Å². The van der Waals surface area contributed by atoms with Gasteiger partial charge in [-0.25, -0.2) is 0 Å². The van der Waals surface area contributed by atoms with Crippen LogP contribution in [-0.2, 0) is 9.59 Å². The van der Waals surface area contributed by atoms with Crippen molar-refractivity contribution in [3.63, 3.8) is 0 Å². The molecule has 0 unspecified atom stereocenters. The molecule has 0 rings (SSSR count). The Hall–Kier alpha value is -1.14. The molecule has 11 heavy (non-hydrogen) atoms. The Morgan fingerprint density at radius 1 is 0.909 bits per heavy atom. The van der Waals surface area contributed by atoms with E-state index in [1.807, 2.05) is 0 Å². The Morgan fingerprint density at radius 2 is 0.909 bits per heavy atom. The summed E-state index contributed by atoms with van der Waals surface area (Å²) >= 11 is 0. The van der Waals surface area contributed by atoms with Crippen molar-refractivity contribution in [1.29, 1.82) is 0 Å². The van der Waals surface area contributed by atoms with Crippen LogP contribution >= 0.6 is 0 Å². The summed E-state index contributed by atoms with van der Waals surface area (Å²) in [6, 6.07) is 0. The summed E-state index contributed by atoms with van der Waals surface area (Å²) in [6.07, 6.45) is 0. The highest BCUT2D eigenvalue weighted by Gasteiger charge is 1.65. The Labute approximate surface area is 66.4 Å². The number of carboxylic acid groups (broad SMARTS) is 2. The van der Waals surface area contributed by atoms with Gasteiger partial charge in [0.25, 0.3) is 11.9 Å². The molecule has 0 heterocycles. The fourth-order valence-electron chi connectivity index (χ4n) is 0. The molecule has 0 radical (unpaired) electrons. The lowest BCUT2D eigenvalue weighted by atomic mass is 10.9. The third-order valence-corrected chi connectivity index (χ3v) is 0. The molecule has 0 aromatic carbocycles. The maximum atomic E-state index is 9.00. The monoisotopic (exact) mass is 170 g/mol. The summed E-state index contributed by atoms with van der Waals surface area (Å²) in [5.74, 6) is -1.67. The van der Waals surface area contributed by atoms with Gasteiger partial charge in [0, 0.05) is 13.8 Å². The van der Waals surface area contributed by atoms with Crippen molar-refractivity contribution in [1.82, 2.24) is 12.3 Å². The van der Waals surface area contributed by atoms with Crippen LogP contribution in [0.5, 0.6) is 0 Å². The molecule has 6 heteroatoms. The third-order valence-electron chi connectivity index (χ3n) is 0. The largest absolute Gasteiger partial charge is 0.481 e. The van der Waals surface area contributed by atoms with Crippen LogP contribution in [0.3, 0.4) is 0 Å². The fraction of sp³-hybridized carbons (Fsp3) is 0.600. The first-order valence-corrected chi connectivity index (χ1v) is 1.86. The molecule has 0 aromatic rings. The predicted octanol–water partition coefficient (Wildman–Crippen LogP) is 1.14. The van der Waals surface area contributed by atoms with E-state index in [1.54, 1.807) is 0 Å². The molecule has 0 saturated carbocycles. The molecule has 0 aromatic heterocycles. The molecule has 0 spiro atoms. The number of aliphatic carboxylic acids is 2. The minimum atomic E-state index is -0.833. The van der Waals surface area contributed by atoms with Gasteiger partial charge >= 0.3 is 0 Å².